The van der Waals surface area contributed by atoms with Gasteiger partial charge in [-0.1, -0.05) is 0 Å². The molecule has 0 fully saturated rings. The molecule has 1 aromatic heterocycles. The SMILES string of the molecule is CC(=O)c1c(O)c(Br)c2oc(C)cc(=O)c2c1O. The second-order valence-electron chi connectivity index (χ2n) is 3.87. The van der Waals surface area contributed by atoms with Gasteiger partial charge >= 0.3 is 0 Å². The van der Waals surface area contributed by atoms with Crippen LogP contribution >= 0.6 is 15.9 Å². The predicted molar refractivity (Wildman–Crippen MR) is 68.3 cm³/mol. The molecule has 0 spiro atoms. The summed E-state index contributed by atoms with van der Waals surface area (Å²) in [7, 11) is 0. The summed E-state index contributed by atoms with van der Waals surface area (Å²) in [6.07, 6.45) is 0. The molecule has 0 aliphatic heterocycles. The number of fused-ring (bicyclic) bond motifs is 1. The van der Waals surface area contributed by atoms with Gasteiger partial charge in [0, 0.05) is 6.07 Å². The zero-order chi connectivity index (χ0) is 13.6. The van der Waals surface area contributed by atoms with E-state index in [-0.39, 0.29) is 21.0 Å². The van der Waals surface area contributed by atoms with E-state index >= 15 is 0 Å². The van der Waals surface area contributed by atoms with Gasteiger partial charge in [-0.15, -0.1) is 0 Å². The summed E-state index contributed by atoms with van der Waals surface area (Å²) in [5.74, 6) is -1.22. The molecule has 0 radical (unpaired) electrons. The van der Waals surface area contributed by atoms with Gasteiger partial charge in [-0.25, -0.2) is 0 Å². The van der Waals surface area contributed by atoms with Crippen LogP contribution in [0.1, 0.15) is 23.0 Å². The molecule has 6 heteroatoms. The molecule has 2 aromatic rings. The molecule has 18 heavy (non-hydrogen) atoms. The second kappa shape index (κ2) is 4.13. The molecule has 0 unspecified atom stereocenters. The number of hydrogen-bond acceptors (Lipinski definition) is 5. The van der Waals surface area contributed by atoms with Crippen molar-refractivity contribution in [1.29, 1.82) is 0 Å². The number of benzene rings is 1. The van der Waals surface area contributed by atoms with E-state index in [4.69, 9.17) is 4.42 Å². The smallest absolute Gasteiger partial charge is 0.196 e. The highest BCUT2D eigenvalue weighted by Gasteiger charge is 2.23. The number of rotatable bonds is 1. The number of halogens is 1. The van der Waals surface area contributed by atoms with Crippen molar-refractivity contribution < 1.29 is 19.4 Å². The third kappa shape index (κ3) is 1.69. The fourth-order valence-corrected chi connectivity index (χ4v) is 2.25. The standard InChI is InChI=1S/C12H9BrO5/c1-4-3-6(15)8-10(16)7(5(2)14)11(17)9(13)12(8)18-4/h3,16-17H,1-2H3. The van der Waals surface area contributed by atoms with Crippen molar-refractivity contribution in [2.24, 2.45) is 0 Å². The van der Waals surface area contributed by atoms with Gasteiger partial charge < -0.3 is 14.6 Å². The van der Waals surface area contributed by atoms with E-state index in [9.17, 15) is 19.8 Å². The average Bonchev–Trinajstić information content (AvgIpc) is 2.24. The zero-order valence-corrected chi connectivity index (χ0v) is 11.2. The van der Waals surface area contributed by atoms with E-state index in [1.807, 2.05) is 0 Å². The maximum Gasteiger partial charge on any atom is 0.196 e. The van der Waals surface area contributed by atoms with Crippen LogP contribution in [0, 0.1) is 6.92 Å². The first kappa shape index (κ1) is 12.6. The van der Waals surface area contributed by atoms with Crippen molar-refractivity contribution in [1.82, 2.24) is 0 Å². The summed E-state index contributed by atoms with van der Waals surface area (Å²) in [5, 5.41) is 19.6. The molecule has 5 nitrogen and oxygen atoms in total. The molecule has 1 aromatic carbocycles. The Balaban J connectivity index is 3.13. The highest BCUT2D eigenvalue weighted by atomic mass is 79.9. The summed E-state index contributed by atoms with van der Waals surface area (Å²) in [6, 6.07) is 1.20. The van der Waals surface area contributed by atoms with E-state index in [2.05, 4.69) is 15.9 Å². The molecular weight excluding hydrogens is 304 g/mol. The van der Waals surface area contributed by atoms with E-state index in [0.717, 1.165) is 0 Å². The van der Waals surface area contributed by atoms with Crippen LogP contribution in [-0.4, -0.2) is 16.0 Å². The molecule has 0 amide bonds. The van der Waals surface area contributed by atoms with Crippen molar-refractivity contribution in [2.45, 2.75) is 13.8 Å². The van der Waals surface area contributed by atoms with Crippen LogP contribution in [0.15, 0.2) is 19.8 Å². The normalized spacial score (nSPS) is 10.8. The molecule has 0 saturated carbocycles. The van der Waals surface area contributed by atoms with Crippen molar-refractivity contribution in [3.8, 4) is 11.5 Å². The van der Waals surface area contributed by atoms with Crippen molar-refractivity contribution >= 4 is 32.7 Å². The Morgan fingerprint density at radius 2 is 1.94 bits per heavy atom. The highest BCUT2D eigenvalue weighted by Crippen LogP contribution is 2.41. The Morgan fingerprint density at radius 1 is 1.33 bits per heavy atom. The highest BCUT2D eigenvalue weighted by molar-refractivity contribution is 9.10. The number of carbonyl (C=O) groups is 1. The number of carbonyl (C=O) groups excluding carboxylic acids is 1. The lowest BCUT2D eigenvalue weighted by Gasteiger charge is -2.10. The van der Waals surface area contributed by atoms with Crippen LogP contribution in [0.5, 0.6) is 11.5 Å². The Morgan fingerprint density at radius 3 is 2.50 bits per heavy atom. The minimum Gasteiger partial charge on any atom is -0.506 e. The summed E-state index contributed by atoms with van der Waals surface area (Å²) in [4.78, 5) is 23.2. The van der Waals surface area contributed by atoms with Crippen LogP contribution < -0.4 is 5.43 Å². The molecule has 0 atom stereocenters. The topological polar surface area (TPSA) is 87.7 Å². The van der Waals surface area contributed by atoms with Crippen LogP contribution in [-0.2, 0) is 0 Å². The minimum absolute atomic E-state index is 0.0139. The number of hydrogen-bond donors (Lipinski definition) is 2. The largest absolute Gasteiger partial charge is 0.506 e. The van der Waals surface area contributed by atoms with Gasteiger partial charge in [0.05, 0.1) is 0 Å². The molecule has 0 saturated heterocycles. The first-order valence-electron chi connectivity index (χ1n) is 5.03. The van der Waals surface area contributed by atoms with Crippen LogP contribution in [0.25, 0.3) is 11.0 Å². The molecule has 1 heterocycles. The number of phenols is 2. The Kier molecular flexibility index (Phi) is 2.90. The predicted octanol–water partition coefficient (Wildman–Crippen LogP) is 2.48. The molecule has 2 N–H and O–H groups in total. The van der Waals surface area contributed by atoms with E-state index in [1.165, 1.54) is 13.0 Å². The minimum atomic E-state index is -0.563. The number of Topliss-reactive ketones (excluding diaryl/α,β-unsaturated/α-hetero) is 1. The third-order valence-electron chi connectivity index (χ3n) is 2.54. The fourth-order valence-electron chi connectivity index (χ4n) is 1.78. The first-order chi connectivity index (χ1) is 8.34. The van der Waals surface area contributed by atoms with E-state index in [0.29, 0.717) is 5.76 Å². The van der Waals surface area contributed by atoms with Gasteiger partial charge in [-0.05, 0) is 29.8 Å². The maximum atomic E-state index is 11.8. The molecule has 2 rings (SSSR count). The quantitative estimate of drug-likeness (QED) is 0.790. The number of aryl methyl sites for hydroxylation is 1. The lowest BCUT2D eigenvalue weighted by Crippen LogP contribution is -2.05. The number of aromatic hydroxyl groups is 2. The summed E-state index contributed by atoms with van der Waals surface area (Å²) >= 11 is 3.06. The van der Waals surface area contributed by atoms with E-state index in [1.54, 1.807) is 6.92 Å². The van der Waals surface area contributed by atoms with Gasteiger partial charge in [-0.2, -0.15) is 0 Å². The lowest BCUT2D eigenvalue weighted by molar-refractivity contribution is 0.101. The van der Waals surface area contributed by atoms with Crippen molar-refractivity contribution in [3.63, 3.8) is 0 Å². The molecule has 94 valence electrons. The molecule has 0 bridgehead atoms. The Hall–Kier alpha value is -1.82. The maximum absolute atomic E-state index is 11.8. The average molecular weight is 313 g/mol. The zero-order valence-electron chi connectivity index (χ0n) is 9.57. The van der Waals surface area contributed by atoms with Crippen LogP contribution in [0.3, 0.4) is 0 Å². The Bertz CT molecular complexity index is 730. The van der Waals surface area contributed by atoms with Crippen LogP contribution in [0.2, 0.25) is 0 Å². The monoisotopic (exact) mass is 312 g/mol. The number of ketones is 1. The first-order valence-corrected chi connectivity index (χ1v) is 5.82. The summed E-state index contributed by atoms with van der Waals surface area (Å²) in [6.45, 7) is 2.75. The summed E-state index contributed by atoms with van der Waals surface area (Å²) < 4.78 is 5.36. The van der Waals surface area contributed by atoms with Crippen molar-refractivity contribution in [3.05, 3.63) is 32.1 Å². The van der Waals surface area contributed by atoms with Crippen molar-refractivity contribution in [2.75, 3.05) is 0 Å². The van der Waals surface area contributed by atoms with E-state index < -0.39 is 22.7 Å². The van der Waals surface area contributed by atoms with Gasteiger partial charge in [-0.3, -0.25) is 9.59 Å². The molecular formula is C12H9BrO5. The number of phenolic OH excluding ortho intramolecular Hbond substituents is 2. The second-order valence-corrected chi connectivity index (χ2v) is 4.66. The summed E-state index contributed by atoms with van der Waals surface area (Å²) in [5.41, 5.74) is -0.764. The molecule has 0 aliphatic rings. The van der Waals surface area contributed by atoms with Gasteiger partial charge in [0.2, 0.25) is 0 Å². The van der Waals surface area contributed by atoms with Gasteiger partial charge in [0.25, 0.3) is 0 Å². The Labute approximate surface area is 110 Å². The lowest BCUT2D eigenvalue weighted by atomic mass is 10.0. The van der Waals surface area contributed by atoms with Crippen LogP contribution in [0.4, 0.5) is 0 Å². The van der Waals surface area contributed by atoms with Gasteiger partial charge in [0.1, 0.15) is 32.7 Å². The third-order valence-corrected chi connectivity index (χ3v) is 3.28. The molecule has 0 aliphatic carbocycles. The fraction of sp³-hybridized carbons (Fsp3) is 0.167. The van der Waals surface area contributed by atoms with Gasteiger partial charge in [0.15, 0.2) is 16.8 Å².